The second kappa shape index (κ2) is 4.02. The van der Waals surface area contributed by atoms with Crippen LogP contribution in [0.25, 0.3) is 0 Å². The molecule has 1 aromatic carbocycles. The Kier molecular flexibility index (Phi) is 2.99. The molecular formula is C11H14ClNO2S. The predicted molar refractivity (Wildman–Crippen MR) is 64.4 cm³/mol. The Labute approximate surface area is 100 Å². The molecule has 2 rings (SSSR count). The summed E-state index contributed by atoms with van der Waals surface area (Å²) in [6, 6.07) is 5.61. The van der Waals surface area contributed by atoms with E-state index in [2.05, 4.69) is 4.90 Å². The van der Waals surface area contributed by atoms with Crippen molar-refractivity contribution in [1.82, 2.24) is 4.90 Å². The van der Waals surface area contributed by atoms with Gasteiger partial charge < -0.3 is 4.90 Å². The Bertz CT molecular complexity index is 511. The standard InChI is InChI=1S/C11H14ClNO2S/c1-13(2)10-5-8-3-4-11(16(12,14)15)7-9(8)6-10/h3-4,7,10H,5-6H2,1-2H3. The summed E-state index contributed by atoms with van der Waals surface area (Å²) in [5.74, 6) is 0. The zero-order valence-electron chi connectivity index (χ0n) is 9.27. The average Bonchev–Trinajstić information content (AvgIpc) is 2.58. The van der Waals surface area contributed by atoms with Gasteiger partial charge in [-0.15, -0.1) is 0 Å². The van der Waals surface area contributed by atoms with Crippen molar-refractivity contribution in [2.75, 3.05) is 14.1 Å². The third-order valence-electron chi connectivity index (χ3n) is 3.10. The largest absolute Gasteiger partial charge is 0.306 e. The second-order valence-electron chi connectivity index (χ2n) is 4.39. The van der Waals surface area contributed by atoms with E-state index >= 15 is 0 Å². The van der Waals surface area contributed by atoms with Crippen LogP contribution in [0.3, 0.4) is 0 Å². The maximum absolute atomic E-state index is 11.2. The molecule has 0 bridgehead atoms. The first-order chi connectivity index (χ1) is 7.38. The van der Waals surface area contributed by atoms with E-state index in [0.717, 1.165) is 18.4 Å². The van der Waals surface area contributed by atoms with Crippen molar-refractivity contribution in [3.05, 3.63) is 29.3 Å². The van der Waals surface area contributed by atoms with E-state index in [-0.39, 0.29) is 4.90 Å². The lowest BCUT2D eigenvalue weighted by Crippen LogP contribution is -2.27. The van der Waals surface area contributed by atoms with Gasteiger partial charge in [-0.3, -0.25) is 0 Å². The number of halogens is 1. The lowest BCUT2D eigenvalue weighted by molar-refractivity contribution is 0.303. The van der Waals surface area contributed by atoms with E-state index < -0.39 is 9.05 Å². The zero-order chi connectivity index (χ0) is 11.9. The number of benzene rings is 1. The molecule has 0 spiro atoms. The summed E-state index contributed by atoms with van der Waals surface area (Å²) in [5, 5.41) is 0. The monoisotopic (exact) mass is 259 g/mol. The van der Waals surface area contributed by atoms with Gasteiger partial charge in [0.15, 0.2) is 0 Å². The number of nitrogens with zero attached hydrogens (tertiary/aromatic N) is 1. The van der Waals surface area contributed by atoms with Gasteiger partial charge >= 0.3 is 0 Å². The molecule has 88 valence electrons. The van der Waals surface area contributed by atoms with Crippen LogP contribution < -0.4 is 0 Å². The van der Waals surface area contributed by atoms with Crippen LogP contribution in [0.2, 0.25) is 0 Å². The van der Waals surface area contributed by atoms with Crippen LogP contribution in [-0.2, 0) is 21.9 Å². The van der Waals surface area contributed by atoms with Crippen LogP contribution in [0.15, 0.2) is 23.1 Å². The summed E-state index contributed by atoms with van der Waals surface area (Å²) >= 11 is 0. The van der Waals surface area contributed by atoms with Gasteiger partial charge in [-0.05, 0) is 50.2 Å². The van der Waals surface area contributed by atoms with Gasteiger partial charge in [0, 0.05) is 16.7 Å². The molecule has 16 heavy (non-hydrogen) atoms. The first-order valence-electron chi connectivity index (χ1n) is 5.11. The molecule has 0 radical (unpaired) electrons. The van der Waals surface area contributed by atoms with Crippen molar-refractivity contribution in [2.45, 2.75) is 23.8 Å². The van der Waals surface area contributed by atoms with E-state index in [1.54, 1.807) is 12.1 Å². The molecule has 0 saturated carbocycles. The molecule has 0 heterocycles. The van der Waals surface area contributed by atoms with Gasteiger partial charge in [0.05, 0.1) is 4.90 Å². The minimum absolute atomic E-state index is 0.201. The highest BCUT2D eigenvalue weighted by Crippen LogP contribution is 2.28. The molecule has 0 aliphatic heterocycles. The fourth-order valence-corrected chi connectivity index (χ4v) is 2.89. The molecule has 0 N–H and O–H groups in total. The Morgan fingerprint density at radius 3 is 2.44 bits per heavy atom. The van der Waals surface area contributed by atoms with Crippen molar-refractivity contribution in [1.29, 1.82) is 0 Å². The topological polar surface area (TPSA) is 37.4 Å². The molecule has 0 aromatic heterocycles. The Morgan fingerprint density at radius 1 is 1.25 bits per heavy atom. The summed E-state index contributed by atoms with van der Waals surface area (Å²) in [6.07, 6.45) is 1.87. The number of rotatable bonds is 2. The van der Waals surface area contributed by atoms with Crippen LogP contribution in [0.4, 0.5) is 0 Å². The Balaban J connectivity index is 2.35. The third-order valence-corrected chi connectivity index (χ3v) is 4.45. The molecule has 1 aliphatic carbocycles. The summed E-state index contributed by atoms with van der Waals surface area (Å²) in [5.41, 5.74) is 2.32. The van der Waals surface area contributed by atoms with Gasteiger partial charge in [-0.1, -0.05) is 6.07 Å². The first-order valence-corrected chi connectivity index (χ1v) is 7.42. The smallest absolute Gasteiger partial charge is 0.261 e. The van der Waals surface area contributed by atoms with E-state index in [9.17, 15) is 8.42 Å². The summed E-state index contributed by atoms with van der Waals surface area (Å²) < 4.78 is 22.4. The maximum atomic E-state index is 11.2. The maximum Gasteiger partial charge on any atom is 0.261 e. The molecule has 5 heteroatoms. The molecule has 1 unspecified atom stereocenters. The highest BCUT2D eigenvalue weighted by Gasteiger charge is 2.24. The number of fused-ring (bicyclic) bond motifs is 1. The molecule has 1 atom stereocenters. The van der Waals surface area contributed by atoms with Crippen molar-refractivity contribution in [2.24, 2.45) is 0 Å². The lowest BCUT2D eigenvalue weighted by Gasteiger charge is -2.17. The predicted octanol–water partition coefficient (Wildman–Crippen LogP) is 1.64. The van der Waals surface area contributed by atoms with Gasteiger partial charge in [0.1, 0.15) is 0 Å². The Hall–Kier alpha value is -0.580. The van der Waals surface area contributed by atoms with Crippen LogP contribution >= 0.6 is 10.7 Å². The first kappa shape index (κ1) is 11.9. The minimum Gasteiger partial charge on any atom is -0.306 e. The molecule has 1 aliphatic rings. The highest BCUT2D eigenvalue weighted by molar-refractivity contribution is 8.13. The second-order valence-corrected chi connectivity index (χ2v) is 6.96. The zero-order valence-corrected chi connectivity index (χ0v) is 10.8. The quantitative estimate of drug-likeness (QED) is 0.758. The average molecular weight is 260 g/mol. The number of hydrogen-bond acceptors (Lipinski definition) is 3. The lowest BCUT2D eigenvalue weighted by atomic mass is 10.1. The van der Waals surface area contributed by atoms with Crippen molar-refractivity contribution >= 4 is 19.7 Å². The van der Waals surface area contributed by atoms with E-state index in [1.807, 2.05) is 20.2 Å². The SMILES string of the molecule is CN(C)C1Cc2ccc(S(=O)(=O)Cl)cc2C1. The van der Waals surface area contributed by atoms with Gasteiger partial charge in [0.25, 0.3) is 9.05 Å². The summed E-state index contributed by atoms with van der Waals surface area (Å²) in [7, 11) is 5.79. The Morgan fingerprint density at radius 2 is 1.88 bits per heavy atom. The number of hydrogen-bond donors (Lipinski definition) is 0. The van der Waals surface area contributed by atoms with Crippen LogP contribution in [0.1, 0.15) is 11.1 Å². The summed E-state index contributed by atoms with van der Waals surface area (Å²) in [4.78, 5) is 2.36. The van der Waals surface area contributed by atoms with Gasteiger partial charge in [0.2, 0.25) is 0 Å². The molecule has 0 saturated heterocycles. The molecule has 1 aromatic rings. The van der Waals surface area contributed by atoms with Crippen LogP contribution in [-0.4, -0.2) is 33.5 Å². The number of likely N-dealkylation sites (N-methyl/N-ethyl adjacent to an activating group) is 1. The van der Waals surface area contributed by atoms with Crippen molar-refractivity contribution in [3.8, 4) is 0 Å². The fraction of sp³-hybridized carbons (Fsp3) is 0.455. The normalized spacial score (nSPS) is 20.1. The molecular weight excluding hydrogens is 246 g/mol. The van der Waals surface area contributed by atoms with Gasteiger partial charge in [-0.2, -0.15) is 0 Å². The van der Waals surface area contributed by atoms with Crippen LogP contribution in [0.5, 0.6) is 0 Å². The fourth-order valence-electron chi connectivity index (χ4n) is 2.09. The minimum atomic E-state index is -3.60. The van der Waals surface area contributed by atoms with E-state index in [4.69, 9.17) is 10.7 Å². The van der Waals surface area contributed by atoms with Crippen molar-refractivity contribution in [3.63, 3.8) is 0 Å². The molecule has 3 nitrogen and oxygen atoms in total. The molecule has 0 amide bonds. The molecule has 0 fully saturated rings. The third kappa shape index (κ3) is 2.24. The van der Waals surface area contributed by atoms with E-state index in [1.165, 1.54) is 5.56 Å². The van der Waals surface area contributed by atoms with Crippen LogP contribution in [0, 0.1) is 0 Å². The van der Waals surface area contributed by atoms with Gasteiger partial charge in [-0.25, -0.2) is 8.42 Å². The van der Waals surface area contributed by atoms with Crippen molar-refractivity contribution < 1.29 is 8.42 Å². The van der Waals surface area contributed by atoms with E-state index in [0.29, 0.717) is 6.04 Å². The highest BCUT2D eigenvalue weighted by atomic mass is 35.7. The summed E-state index contributed by atoms with van der Waals surface area (Å²) in [6.45, 7) is 0.